The molecule has 0 spiro atoms. The molecule has 0 radical (unpaired) electrons. The molecule has 1 heterocycles. The van der Waals surface area contributed by atoms with E-state index < -0.39 is 0 Å². The molecule has 62 valence electrons. The Balaban J connectivity index is 2.97. The maximum Gasteiger partial charge on any atom is 0.0553 e. The van der Waals surface area contributed by atoms with E-state index in [0.717, 1.165) is 21.6 Å². The van der Waals surface area contributed by atoms with Gasteiger partial charge in [0.05, 0.1) is 5.69 Å². The van der Waals surface area contributed by atoms with Crippen LogP contribution in [0.25, 0.3) is 10.1 Å². The lowest BCUT2D eigenvalue weighted by Gasteiger charge is -1.96. The summed E-state index contributed by atoms with van der Waals surface area (Å²) in [6.45, 7) is 2.01. The van der Waals surface area contributed by atoms with Crippen LogP contribution in [-0.4, -0.2) is 0 Å². The Morgan fingerprint density at radius 2 is 2.00 bits per heavy atom. The number of fused-ring (bicyclic) bond motifs is 1. The summed E-state index contributed by atoms with van der Waals surface area (Å²) in [7, 11) is 0. The molecule has 1 aromatic heterocycles. The molecule has 0 saturated carbocycles. The molecule has 1 aromatic carbocycles. The zero-order valence-corrected chi connectivity index (χ0v) is 7.61. The summed E-state index contributed by atoms with van der Waals surface area (Å²) in [4.78, 5) is 1.14. The molecule has 3 heteroatoms. The summed E-state index contributed by atoms with van der Waals surface area (Å²) < 4.78 is 1.17. The second-order valence-corrected chi connectivity index (χ2v) is 4.05. The highest BCUT2D eigenvalue weighted by Gasteiger charge is 2.06. The van der Waals surface area contributed by atoms with E-state index in [2.05, 4.69) is 0 Å². The highest BCUT2D eigenvalue weighted by Crippen LogP contribution is 2.36. The van der Waals surface area contributed by atoms with Crippen molar-refractivity contribution in [3.63, 3.8) is 0 Å². The molecule has 0 fully saturated rings. The van der Waals surface area contributed by atoms with Crippen LogP contribution in [0.5, 0.6) is 0 Å². The summed E-state index contributed by atoms with van der Waals surface area (Å²) in [6.07, 6.45) is 0. The van der Waals surface area contributed by atoms with Crippen LogP contribution in [0.15, 0.2) is 18.2 Å². The van der Waals surface area contributed by atoms with Crippen molar-refractivity contribution in [2.75, 3.05) is 11.5 Å². The molecule has 0 aliphatic rings. The number of anilines is 2. The van der Waals surface area contributed by atoms with Gasteiger partial charge in [-0.05, 0) is 19.1 Å². The molecule has 0 unspecified atom stereocenters. The fourth-order valence-electron chi connectivity index (χ4n) is 1.32. The van der Waals surface area contributed by atoms with E-state index in [0.29, 0.717) is 0 Å². The lowest BCUT2D eigenvalue weighted by Crippen LogP contribution is -1.89. The molecular weight excluding hydrogens is 168 g/mol. The van der Waals surface area contributed by atoms with Gasteiger partial charge in [0.15, 0.2) is 0 Å². The molecule has 0 saturated heterocycles. The van der Waals surface area contributed by atoms with E-state index in [1.165, 1.54) is 4.70 Å². The van der Waals surface area contributed by atoms with E-state index in [1.54, 1.807) is 11.3 Å². The first-order valence-electron chi connectivity index (χ1n) is 3.73. The van der Waals surface area contributed by atoms with Gasteiger partial charge in [-0.1, -0.05) is 6.07 Å². The molecule has 2 aromatic rings. The maximum absolute atomic E-state index is 5.87. The number of hydrogen-bond donors (Lipinski definition) is 2. The third-order valence-electron chi connectivity index (χ3n) is 1.97. The third-order valence-corrected chi connectivity index (χ3v) is 3.06. The number of hydrogen-bond acceptors (Lipinski definition) is 3. The van der Waals surface area contributed by atoms with Crippen molar-refractivity contribution in [1.82, 2.24) is 0 Å². The predicted molar refractivity (Wildman–Crippen MR) is 55.4 cm³/mol. The highest BCUT2D eigenvalue weighted by atomic mass is 32.1. The van der Waals surface area contributed by atoms with Gasteiger partial charge >= 0.3 is 0 Å². The minimum atomic E-state index is 0.773. The van der Waals surface area contributed by atoms with Crippen molar-refractivity contribution < 1.29 is 0 Å². The van der Waals surface area contributed by atoms with Gasteiger partial charge in [0.1, 0.15) is 0 Å². The van der Waals surface area contributed by atoms with Crippen molar-refractivity contribution in [3.8, 4) is 0 Å². The van der Waals surface area contributed by atoms with Crippen LogP contribution in [0, 0.1) is 6.92 Å². The first-order chi connectivity index (χ1) is 5.70. The Hall–Kier alpha value is -1.22. The third kappa shape index (κ3) is 0.865. The van der Waals surface area contributed by atoms with Gasteiger partial charge in [-0.15, -0.1) is 11.3 Å². The van der Waals surface area contributed by atoms with Crippen LogP contribution in [-0.2, 0) is 0 Å². The second-order valence-electron chi connectivity index (χ2n) is 2.79. The fraction of sp³-hybridized carbons (Fsp3) is 0.111. The Morgan fingerprint density at radius 1 is 1.25 bits per heavy atom. The van der Waals surface area contributed by atoms with Gasteiger partial charge < -0.3 is 11.5 Å². The Bertz CT molecular complexity index is 431. The Kier molecular flexibility index (Phi) is 1.48. The average Bonchev–Trinajstić information content (AvgIpc) is 2.29. The van der Waals surface area contributed by atoms with Crippen LogP contribution in [0.2, 0.25) is 0 Å². The van der Waals surface area contributed by atoms with Gasteiger partial charge in [-0.3, -0.25) is 0 Å². The van der Waals surface area contributed by atoms with Crippen LogP contribution in [0.4, 0.5) is 11.4 Å². The van der Waals surface area contributed by atoms with Gasteiger partial charge in [0.25, 0.3) is 0 Å². The van der Waals surface area contributed by atoms with Crippen LogP contribution < -0.4 is 11.5 Å². The zero-order chi connectivity index (χ0) is 8.72. The van der Waals surface area contributed by atoms with E-state index >= 15 is 0 Å². The Morgan fingerprint density at radius 3 is 2.67 bits per heavy atom. The Labute approximate surface area is 74.8 Å². The molecule has 2 nitrogen and oxygen atoms in total. The van der Waals surface area contributed by atoms with Gasteiger partial charge in [0.2, 0.25) is 0 Å². The van der Waals surface area contributed by atoms with Crippen molar-refractivity contribution in [1.29, 1.82) is 0 Å². The molecule has 12 heavy (non-hydrogen) atoms. The van der Waals surface area contributed by atoms with Gasteiger partial charge in [-0.2, -0.15) is 0 Å². The first-order valence-corrected chi connectivity index (χ1v) is 4.55. The minimum absolute atomic E-state index is 0.773. The monoisotopic (exact) mass is 178 g/mol. The molecule has 2 rings (SSSR count). The summed E-state index contributed by atoms with van der Waals surface area (Å²) in [6, 6.07) is 5.87. The van der Waals surface area contributed by atoms with Gasteiger partial charge in [-0.25, -0.2) is 0 Å². The number of rotatable bonds is 0. The standard InChI is InChI=1S/C9H10N2S/c1-5-9(11)8-6(10)3-2-4-7(8)12-5/h2-4H,10-11H2,1H3. The van der Waals surface area contributed by atoms with Crippen LogP contribution in [0.3, 0.4) is 0 Å². The number of aryl methyl sites for hydroxylation is 1. The number of thiophene rings is 1. The lowest BCUT2D eigenvalue weighted by atomic mass is 10.2. The molecular formula is C9H10N2S. The fourth-order valence-corrected chi connectivity index (χ4v) is 2.34. The van der Waals surface area contributed by atoms with Crippen molar-refractivity contribution in [2.45, 2.75) is 6.92 Å². The average molecular weight is 178 g/mol. The number of nitrogen functional groups attached to an aromatic ring is 2. The van der Waals surface area contributed by atoms with Crippen LogP contribution >= 0.6 is 11.3 Å². The highest BCUT2D eigenvalue weighted by molar-refractivity contribution is 7.19. The lowest BCUT2D eigenvalue weighted by molar-refractivity contribution is 1.64. The molecule has 0 amide bonds. The normalized spacial score (nSPS) is 10.8. The van der Waals surface area contributed by atoms with E-state index in [4.69, 9.17) is 11.5 Å². The summed E-state index contributed by atoms with van der Waals surface area (Å²) in [5.74, 6) is 0. The molecule has 0 bridgehead atoms. The molecule has 4 N–H and O–H groups in total. The van der Waals surface area contributed by atoms with E-state index in [1.807, 2.05) is 25.1 Å². The van der Waals surface area contributed by atoms with Crippen molar-refractivity contribution in [3.05, 3.63) is 23.1 Å². The molecule has 0 aliphatic heterocycles. The summed E-state index contributed by atoms with van der Waals surface area (Å²) in [5.41, 5.74) is 13.3. The van der Waals surface area contributed by atoms with Crippen molar-refractivity contribution in [2.24, 2.45) is 0 Å². The SMILES string of the molecule is Cc1sc2cccc(N)c2c1N. The second kappa shape index (κ2) is 2.38. The summed E-state index contributed by atoms with van der Waals surface area (Å²) >= 11 is 1.69. The largest absolute Gasteiger partial charge is 0.398 e. The predicted octanol–water partition coefficient (Wildman–Crippen LogP) is 2.37. The smallest absolute Gasteiger partial charge is 0.0553 e. The number of nitrogens with two attached hydrogens (primary N) is 2. The van der Waals surface area contributed by atoms with Crippen LogP contribution in [0.1, 0.15) is 4.88 Å². The number of benzene rings is 1. The molecule has 0 atom stereocenters. The molecule has 0 aliphatic carbocycles. The van der Waals surface area contributed by atoms with E-state index in [-0.39, 0.29) is 0 Å². The zero-order valence-electron chi connectivity index (χ0n) is 6.79. The van der Waals surface area contributed by atoms with Crippen molar-refractivity contribution >= 4 is 32.8 Å². The summed E-state index contributed by atoms with van der Waals surface area (Å²) in [5, 5.41) is 1.01. The quantitative estimate of drug-likeness (QED) is 0.608. The topological polar surface area (TPSA) is 52.0 Å². The van der Waals surface area contributed by atoms with E-state index in [9.17, 15) is 0 Å². The first kappa shape index (κ1) is 7.43. The maximum atomic E-state index is 5.87. The minimum Gasteiger partial charge on any atom is -0.398 e. The van der Waals surface area contributed by atoms with Gasteiger partial charge in [0, 0.05) is 20.7 Å².